The van der Waals surface area contributed by atoms with Crippen LogP contribution in [0.1, 0.15) is 52.8 Å². The van der Waals surface area contributed by atoms with Gasteiger partial charge in [0.25, 0.3) is 11.8 Å². The number of hydrogen-bond donors (Lipinski definition) is 2. The molecule has 1 fully saturated rings. The number of hydrogen-bond acceptors (Lipinski definition) is 4. The van der Waals surface area contributed by atoms with Crippen molar-refractivity contribution in [2.75, 3.05) is 13.1 Å². The van der Waals surface area contributed by atoms with E-state index in [1.807, 2.05) is 36.4 Å². The summed E-state index contributed by atoms with van der Waals surface area (Å²) in [5.41, 5.74) is 7.33. The van der Waals surface area contributed by atoms with Gasteiger partial charge in [-0.2, -0.15) is 0 Å². The third kappa shape index (κ3) is 3.02. The van der Waals surface area contributed by atoms with Crippen LogP contribution in [0.4, 0.5) is 0 Å². The highest BCUT2D eigenvalue weighted by molar-refractivity contribution is 6.25. The van der Waals surface area contributed by atoms with E-state index in [9.17, 15) is 9.59 Å². The maximum atomic E-state index is 12.8. The molecule has 2 amide bonds. The molecule has 1 heterocycles. The van der Waals surface area contributed by atoms with E-state index in [4.69, 9.17) is 5.73 Å². The van der Waals surface area contributed by atoms with Crippen molar-refractivity contribution in [3.8, 4) is 0 Å². The standard InChI is InChI=1S/C21H25N3O2/c22-17-10-5-11-18(17)23-12-1-2-13-24-20(25)15-8-3-6-14-7-4-9-16(19(14)15)21(24)26/h3-4,6-9,17-18,23H,1-2,5,10-13,22H2/t17-,18-/m0/s1. The van der Waals surface area contributed by atoms with Crippen LogP contribution in [0.3, 0.4) is 0 Å². The van der Waals surface area contributed by atoms with Gasteiger partial charge < -0.3 is 11.1 Å². The normalized spacial score (nSPS) is 22.4. The Balaban J connectivity index is 1.39. The largest absolute Gasteiger partial charge is 0.326 e. The fourth-order valence-electron chi connectivity index (χ4n) is 4.21. The number of imide groups is 1. The van der Waals surface area contributed by atoms with Gasteiger partial charge in [0.15, 0.2) is 0 Å². The zero-order chi connectivity index (χ0) is 18.1. The summed E-state index contributed by atoms with van der Waals surface area (Å²) in [5.74, 6) is -0.352. The fraction of sp³-hybridized carbons (Fsp3) is 0.429. The van der Waals surface area contributed by atoms with Gasteiger partial charge in [0.05, 0.1) is 0 Å². The molecule has 3 N–H and O–H groups in total. The maximum Gasteiger partial charge on any atom is 0.261 e. The molecule has 0 bridgehead atoms. The Morgan fingerprint density at radius 1 is 1.00 bits per heavy atom. The lowest BCUT2D eigenvalue weighted by Crippen LogP contribution is -2.42. The lowest BCUT2D eigenvalue weighted by atomic mass is 9.94. The quantitative estimate of drug-likeness (QED) is 0.620. The molecular weight excluding hydrogens is 326 g/mol. The lowest BCUT2D eigenvalue weighted by molar-refractivity contribution is 0.0608. The number of carbonyl (C=O) groups is 2. The van der Waals surface area contributed by atoms with Gasteiger partial charge in [-0.05, 0) is 49.7 Å². The Hall–Kier alpha value is -2.24. The molecule has 2 atom stereocenters. The number of amides is 2. The second kappa shape index (κ2) is 7.17. The molecule has 5 nitrogen and oxygen atoms in total. The predicted octanol–water partition coefficient (Wildman–Crippen LogP) is 2.69. The molecule has 1 aliphatic heterocycles. The highest BCUT2D eigenvalue weighted by Crippen LogP contribution is 2.30. The van der Waals surface area contributed by atoms with E-state index in [0.717, 1.165) is 43.0 Å². The molecule has 136 valence electrons. The molecule has 0 unspecified atom stereocenters. The minimum absolute atomic E-state index is 0.176. The molecule has 26 heavy (non-hydrogen) atoms. The van der Waals surface area contributed by atoms with Crippen molar-refractivity contribution in [1.82, 2.24) is 10.2 Å². The van der Waals surface area contributed by atoms with Crippen LogP contribution in [0.25, 0.3) is 10.8 Å². The number of rotatable bonds is 6. The molecule has 4 rings (SSSR count). The molecule has 0 spiro atoms. The Bertz CT molecular complexity index is 798. The second-order valence-corrected chi connectivity index (χ2v) is 7.33. The molecule has 1 aliphatic carbocycles. The van der Waals surface area contributed by atoms with Gasteiger partial charge in [0, 0.05) is 35.1 Å². The molecule has 0 saturated heterocycles. The van der Waals surface area contributed by atoms with E-state index < -0.39 is 0 Å². The van der Waals surface area contributed by atoms with E-state index in [-0.39, 0.29) is 17.9 Å². The van der Waals surface area contributed by atoms with Crippen LogP contribution in [0.2, 0.25) is 0 Å². The first-order valence-electron chi connectivity index (χ1n) is 9.54. The number of nitrogens with two attached hydrogens (primary N) is 1. The average Bonchev–Trinajstić information content (AvgIpc) is 3.06. The molecule has 5 heteroatoms. The van der Waals surface area contributed by atoms with E-state index in [1.54, 1.807) is 0 Å². The van der Waals surface area contributed by atoms with Crippen molar-refractivity contribution in [2.45, 2.75) is 44.2 Å². The van der Waals surface area contributed by atoms with Gasteiger partial charge >= 0.3 is 0 Å². The van der Waals surface area contributed by atoms with Gasteiger partial charge in [-0.1, -0.05) is 30.7 Å². The molecule has 2 aromatic carbocycles. The van der Waals surface area contributed by atoms with Crippen LogP contribution >= 0.6 is 0 Å². The smallest absolute Gasteiger partial charge is 0.261 e. The topological polar surface area (TPSA) is 75.4 Å². The van der Waals surface area contributed by atoms with Crippen molar-refractivity contribution in [3.63, 3.8) is 0 Å². The Morgan fingerprint density at radius 2 is 1.69 bits per heavy atom. The summed E-state index contributed by atoms with van der Waals surface area (Å²) >= 11 is 0. The van der Waals surface area contributed by atoms with Crippen LogP contribution in [0, 0.1) is 0 Å². The highest BCUT2D eigenvalue weighted by atomic mass is 16.2. The number of unbranched alkanes of at least 4 members (excludes halogenated alkanes) is 1. The van der Waals surface area contributed by atoms with Gasteiger partial charge in [-0.25, -0.2) is 0 Å². The summed E-state index contributed by atoms with van der Waals surface area (Å²) in [7, 11) is 0. The summed E-state index contributed by atoms with van der Waals surface area (Å²) in [4.78, 5) is 27.0. The fourth-order valence-corrected chi connectivity index (χ4v) is 4.21. The number of carbonyl (C=O) groups excluding carboxylic acids is 2. The highest BCUT2D eigenvalue weighted by Gasteiger charge is 2.32. The Morgan fingerprint density at radius 3 is 2.31 bits per heavy atom. The average molecular weight is 351 g/mol. The number of nitrogens with one attached hydrogen (secondary N) is 1. The van der Waals surface area contributed by atoms with Crippen molar-refractivity contribution >= 4 is 22.6 Å². The first kappa shape index (κ1) is 17.2. The Labute approximate surface area is 153 Å². The molecule has 1 saturated carbocycles. The second-order valence-electron chi connectivity index (χ2n) is 7.33. The Kier molecular flexibility index (Phi) is 4.74. The van der Waals surface area contributed by atoms with Crippen LogP contribution in [-0.2, 0) is 0 Å². The number of nitrogens with zero attached hydrogens (tertiary/aromatic N) is 1. The zero-order valence-electron chi connectivity index (χ0n) is 14.9. The van der Waals surface area contributed by atoms with Crippen LogP contribution in [-0.4, -0.2) is 41.9 Å². The van der Waals surface area contributed by atoms with E-state index in [1.165, 1.54) is 11.3 Å². The maximum absolute atomic E-state index is 12.8. The SMILES string of the molecule is N[C@H]1CCC[C@@H]1NCCCCN1C(=O)c2cccc3cccc(c23)C1=O. The minimum atomic E-state index is -0.176. The van der Waals surface area contributed by atoms with E-state index in [0.29, 0.717) is 23.7 Å². The summed E-state index contributed by atoms with van der Waals surface area (Å²) in [6.45, 7) is 1.33. The molecule has 2 aliphatic rings. The van der Waals surface area contributed by atoms with Crippen LogP contribution in [0.15, 0.2) is 36.4 Å². The minimum Gasteiger partial charge on any atom is -0.326 e. The molecule has 0 radical (unpaired) electrons. The third-order valence-corrected chi connectivity index (χ3v) is 5.64. The van der Waals surface area contributed by atoms with Crippen LogP contribution in [0.5, 0.6) is 0 Å². The summed E-state index contributed by atoms with van der Waals surface area (Å²) in [5, 5.41) is 5.24. The summed E-state index contributed by atoms with van der Waals surface area (Å²) in [6.07, 6.45) is 5.15. The van der Waals surface area contributed by atoms with Gasteiger partial charge in [0.1, 0.15) is 0 Å². The molecule has 2 aromatic rings. The van der Waals surface area contributed by atoms with Crippen molar-refractivity contribution < 1.29 is 9.59 Å². The monoisotopic (exact) mass is 351 g/mol. The first-order valence-corrected chi connectivity index (χ1v) is 9.54. The van der Waals surface area contributed by atoms with Gasteiger partial charge in [0.2, 0.25) is 0 Å². The van der Waals surface area contributed by atoms with E-state index >= 15 is 0 Å². The van der Waals surface area contributed by atoms with Crippen molar-refractivity contribution in [1.29, 1.82) is 0 Å². The molecular formula is C21H25N3O2. The summed E-state index contributed by atoms with van der Waals surface area (Å²) in [6, 6.07) is 11.9. The third-order valence-electron chi connectivity index (χ3n) is 5.64. The van der Waals surface area contributed by atoms with Gasteiger partial charge in [-0.15, -0.1) is 0 Å². The number of benzene rings is 2. The van der Waals surface area contributed by atoms with Crippen LogP contribution < -0.4 is 11.1 Å². The van der Waals surface area contributed by atoms with Gasteiger partial charge in [-0.3, -0.25) is 14.5 Å². The zero-order valence-corrected chi connectivity index (χ0v) is 14.9. The van der Waals surface area contributed by atoms with Crippen molar-refractivity contribution in [3.05, 3.63) is 47.5 Å². The first-order chi connectivity index (χ1) is 12.7. The lowest BCUT2D eigenvalue weighted by Gasteiger charge is -2.27. The predicted molar refractivity (Wildman–Crippen MR) is 102 cm³/mol. The molecule has 0 aromatic heterocycles. The van der Waals surface area contributed by atoms with Crippen molar-refractivity contribution in [2.24, 2.45) is 5.73 Å². The summed E-state index contributed by atoms with van der Waals surface area (Å²) < 4.78 is 0. The van der Waals surface area contributed by atoms with E-state index in [2.05, 4.69) is 5.32 Å².